The van der Waals surface area contributed by atoms with E-state index in [4.69, 9.17) is 0 Å². The quantitative estimate of drug-likeness (QED) is 0.869. The van der Waals surface area contributed by atoms with Crippen molar-refractivity contribution in [2.75, 3.05) is 0 Å². The molecule has 0 aromatic carbocycles. The molecule has 1 saturated carbocycles. The van der Waals surface area contributed by atoms with Gasteiger partial charge in [-0.15, -0.1) is 0 Å². The van der Waals surface area contributed by atoms with Gasteiger partial charge in [-0.2, -0.15) is 5.26 Å². The monoisotopic (exact) mass is 258 g/mol. The first kappa shape index (κ1) is 12.2. The number of carbonyl (C=O) groups is 1. The summed E-state index contributed by atoms with van der Waals surface area (Å²) in [5.41, 5.74) is 0.278. The van der Waals surface area contributed by atoms with E-state index >= 15 is 0 Å². The normalized spacial score (nSPS) is 23.9. The summed E-state index contributed by atoms with van der Waals surface area (Å²) >= 11 is 0. The van der Waals surface area contributed by atoms with Gasteiger partial charge in [0.1, 0.15) is 11.2 Å². The van der Waals surface area contributed by atoms with Gasteiger partial charge in [0.15, 0.2) is 0 Å². The van der Waals surface area contributed by atoms with Crippen molar-refractivity contribution in [2.45, 2.75) is 51.6 Å². The van der Waals surface area contributed by atoms with E-state index in [2.05, 4.69) is 20.9 Å². The topological polar surface area (TPSA) is 70.7 Å². The number of fused-ring (bicyclic) bond motifs is 1. The summed E-state index contributed by atoms with van der Waals surface area (Å²) in [6, 6.07) is 2.32. The molecule has 1 fully saturated rings. The van der Waals surface area contributed by atoms with Crippen LogP contribution < -0.4 is 5.32 Å². The summed E-state index contributed by atoms with van der Waals surface area (Å²) < 4.78 is 2.11. The number of carbonyl (C=O) groups excluding carboxylic acids is 1. The van der Waals surface area contributed by atoms with Gasteiger partial charge in [-0.25, -0.2) is 4.98 Å². The fraction of sp³-hybridized carbons (Fsp3) is 0.643. The lowest BCUT2D eigenvalue weighted by atomic mass is 9.69. The molecular formula is C14H18N4O. The number of aryl methyl sites for hydroxylation is 2. The first-order valence-corrected chi connectivity index (χ1v) is 6.88. The van der Waals surface area contributed by atoms with E-state index in [0.717, 1.165) is 37.3 Å². The van der Waals surface area contributed by atoms with Crippen LogP contribution in [0.5, 0.6) is 0 Å². The number of hydrogen-bond acceptors (Lipinski definition) is 3. The number of rotatable bonds is 2. The molecule has 1 aromatic heterocycles. The van der Waals surface area contributed by atoms with Gasteiger partial charge in [0.05, 0.1) is 11.8 Å². The van der Waals surface area contributed by atoms with Crippen LogP contribution in [0.25, 0.3) is 0 Å². The highest BCUT2D eigenvalue weighted by molar-refractivity contribution is 5.86. The van der Waals surface area contributed by atoms with Crippen molar-refractivity contribution in [3.05, 3.63) is 17.7 Å². The average molecular weight is 258 g/mol. The first-order chi connectivity index (χ1) is 9.13. The molecule has 0 radical (unpaired) electrons. The Morgan fingerprint density at radius 2 is 2.42 bits per heavy atom. The molecule has 3 rings (SSSR count). The SMILES string of the molecule is Cc1cn2c(n1)CCC(NC(=O)C1(C#N)CCC1)C2. The van der Waals surface area contributed by atoms with Gasteiger partial charge in [0, 0.05) is 25.2 Å². The molecule has 1 aromatic rings. The Morgan fingerprint density at radius 3 is 3.05 bits per heavy atom. The Morgan fingerprint density at radius 1 is 1.63 bits per heavy atom. The summed E-state index contributed by atoms with van der Waals surface area (Å²) in [7, 11) is 0. The molecule has 1 amide bonds. The number of nitrogens with one attached hydrogen (secondary N) is 1. The number of imidazole rings is 1. The summed E-state index contributed by atoms with van der Waals surface area (Å²) in [5, 5.41) is 12.2. The van der Waals surface area contributed by atoms with Crippen molar-refractivity contribution in [1.82, 2.24) is 14.9 Å². The zero-order chi connectivity index (χ0) is 13.5. The molecule has 19 heavy (non-hydrogen) atoms. The van der Waals surface area contributed by atoms with Gasteiger partial charge in [-0.1, -0.05) is 0 Å². The molecular weight excluding hydrogens is 240 g/mol. The second-order valence-corrected chi connectivity index (χ2v) is 5.71. The summed E-state index contributed by atoms with van der Waals surface area (Å²) in [4.78, 5) is 16.7. The Bertz CT molecular complexity index is 550. The fourth-order valence-electron chi connectivity index (χ4n) is 2.95. The van der Waals surface area contributed by atoms with Gasteiger partial charge >= 0.3 is 0 Å². The molecule has 0 bridgehead atoms. The predicted molar refractivity (Wildman–Crippen MR) is 69.1 cm³/mol. The average Bonchev–Trinajstić information content (AvgIpc) is 2.67. The number of nitriles is 1. The molecule has 2 heterocycles. The maximum atomic E-state index is 12.2. The van der Waals surface area contributed by atoms with E-state index in [1.54, 1.807) is 0 Å². The molecule has 5 nitrogen and oxygen atoms in total. The molecule has 2 aliphatic rings. The number of nitrogens with zero attached hydrogens (tertiary/aromatic N) is 3. The van der Waals surface area contributed by atoms with Crippen molar-refractivity contribution in [3.63, 3.8) is 0 Å². The molecule has 1 unspecified atom stereocenters. The fourth-order valence-corrected chi connectivity index (χ4v) is 2.95. The first-order valence-electron chi connectivity index (χ1n) is 6.88. The number of hydrogen-bond donors (Lipinski definition) is 1. The zero-order valence-corrected chi connectivity index (χ0v) is 11.1. The van der Waals surface area contributed by atoms with Gasteiger partial charge in [0.2, 0.25) is 5.91 Å². The molecule has 0 saturated heterocycles. The second kappa shape index (κ2) is 4.37. The molecule has 1 N–H and O–H groups in total. The smallest absolute Gasteiger partial charge is 0.240 e. The lowest BCUT2D eigenvalue weighted by Crippen LogP contribution is -2.50. The van der Waals surface area contributed by atoms with Crippen LogP contribution in [-0.2, 0) is 17.8 Å². The minimum atomic E-state index is -0.745. The van der Waals surface area contributed by atoms with Crippen LogP contribution in [0.4, 0.5) is 0 Å². The van der Waals surface area contributed by atoms with Crippen molar-refractivity contribution in [1.29, 1.82) is 5.26 Å². The molecule has 1 aliphatic carbocycles. The third kappa shape index (κ3) is 2.01. The number of amides is 1. The molecule has 1 aliphatic heterocycles. The van der Waals surface area contributed by atoms with Crippen LogP contribution in [0.2, 0.25) is 0 Å². The van der Waals surface area contributed by atoms with Crippen molar-refractivity contribution in [2.24, 2.45) is 5.41 Å². The highest BCUT2D eigenvalue weighted by Crippen LogP contribution is 2.40. The largest absolute Gasteiger partial charge is 0.350 e. The molecule has 100 valence electrons. The highest BCUT2D eigenvalue weighted by atomic mass is 16.2. The second-order valence-electron chi connectivity index (χ2n) is 5.71. The minimum absolute atomic E-state index is 0.0773. The van der Waals surface area contributed by atoms with E-state index in [-0.39, 0.29) is 11.9 Å². The van der Waals surface area contributed by atoms with Crippen LogP contribution >= 0.6 is 0 Å². The molecule has 1 atom stereocenters. The lowest BCUT2D eigenvalue weighted by Gasteiger charge is -2.35. The van der Waals surface area contributed by atoms with E-state index in [1.165, 1.54) is 0 Å². The maximum Gasteiger partial charge on any atom is 0.240 e. The number of aromatic nitrogens is 2. The van der Waals surface area contributed by atoms with Crippen LogP contribution in [-0.4, -0.2) is 21.5 Å². The van der Waals surface area contributed by atoms with Crippen LogP contribution in [0.15, 0.2) is 6.20 Å². The van der Waals surface area contributed by atoms with Gasteiger partial charge in [-0.3, -0.25) is 4.79 Å². The van der Waals surface area contributed by atoms with Crippen LogP contribution in [0.3, 0.4) is 0 Å². The van der Waals surface area contributed by atoms with Gasteiger partial charge < -0.3 is 9.88 Å². The van der Waals surface area contributed by atoms with Gasteiger partial charge in [-0.05, 0) is 32.6 Å². The van der Waals surface area contributed by atoms with E-state index in [0.29, 0.717) is 12.8 Å². The van der Waals surface area contributed by atoms with Crippen LogP contribution in [0, 0.1) is 23.7 Å². The van der Waals surface area contributed by atoms with E-state index in [9.17, 15) is 10.1 Å². The Labute approximate surface area is 112 Å². The van der Waals surface area contributed by atoms with E-state index in [1.807, 2.05) is 13.1 Å². The Balaban J connectivity index is 1.66. The molecule has 0 spiro atoms. The zero-order valence-electron chi connectivity index (χ0n) is 11.1. The van der Waals surface area contributed by atoms with Gasteiger partial charge in [0.25, 0.3) is 0 Å². The summed E-state index contributed by atoms with van der Waals surface area (Å²) in [6.07, 6.45) is 6.21. The Hall–Kier alpha value is -1.83. The summed E-state index contributed by atoms with van der Waals surface area (Å²) in [6.45, 7) is 2.75. The van der Waals surface area contributed by atoms with Crippen LogP contribution in [0.1, 0.15) is 37.2 Å². The lowest BCUT2D eigenvalue weighted by molar-refractivity contribution is -0.132. The van der Waals surface area contributed by atoms with Crippen molar-refractivity contribution >= 4 is 5.91 Å². The molecule has 5 heteroatoms. The van der Waals surface area contributed by atoms with E-state index < -0.39 is 5.41 Å². The van der Waals surface area contributed by atoms with Crippen molar-refractivity contribution in [3.8, 4) is 6.07 Å². The highest BCUT2D eigenvalue weighted by Gasteiger charge is 2.45. The van der Waals surface area contributed by atoms with Crippen molar-refractivity contribution < 1.29 is 4.79 Å². The third-order valence-electron chi connectivity index (χ3n) is 4.30. The Kier molecular flexibility index (Phi) is 2.81. The predicted octanol–water partition coefficient (Wildman–Crippen LogP) is 1.32. The summed E-state index contributed by atoms with van der Waals surface area (Å²) in [5.74, 6) is 1.02. The maximum absolute atomic E-state index is 12.2. The third-order valence-corrected chi connectivity index (χ3v) is 4.30. The standard InChI is InChI=1S/C14H18N4O/c1-10-7-18-8-11(3-4-12(18)16-10)17-13(19)14(9-15)5-2-6-14/h7,11H,2-6,8H2,1H3,(H,17,19). The minimum Gasteiger partial charge on any atom is -0.350 e.